The molecule has 0 aromatic carbocycles. The second-order valence-electron chi connectivity index (χ2n) is 2.76. The Morgan fingerprint density at radius 3 is 3.00 bits per heavy atom. The minimum Gasteiger partial charge on any atom is -0.277 e. The van der Waals surface area contributed by atoms with Crippen LogP contribution in [0.3, 0.4) is 0 Å². The Bertz CT molecular complexity index is 329. The molecule has 0 aliphatic carbocycles. The number of fused-ring (bicyclic) bond motifs is 1. The molecule has 58 valence electrons. The van der Waals surface area contributed by atoms with Gasteiger partial charge in [-0.05, 0) is 0 Å². The van der Waals surface area contributed by atoms with Crippen molar-refractivity contribution in [1.29, 1.82) is 0 Å². The average molecular weight is 151 g/mol. The van der Waals surface area contributed by atoms with Gasteiger partial charge in [0, 0.05) is 5.92 Å². The van der Waals surface area contributed by atoms with Crippen molar-refractivity contribution in [2.45, 2.75) is 19.8 Å². The zero-order valence-electron chi connectivity index (χ0n) is 6.44. The molecule has 2 aromatic heterocycles. The van der Waals surface area contributed by atoms with Crippen molar-refractivity contribution in [3.05, 3.63) is 12.2 Å². The van der Waals surface area contributed by atoms with Crippen LogP contribution in [-0.2, 0) is 0 Å². The standard InChI is InChI=1S/C6H9N5/c1-4(2)5-8-6-9-7-3-11(6)10-5/h3-4H,1-2H3,(H,8,9,10). The van der Waals surface area contributed by atoms with E-state index in [1.807, 2.05) is 0 Å². The van der Waals surface area contributed by atoms with Gasteiger partial charge in [-0.15, -0.1) is 10.2 Å². The van der Waals surface area contributed by atoms with Crippen LogP contribution >= 0.6 is 0 Å². The lowest BCUT2D eigenvalue weighted by Crippen LogP contribution is -1.91. The summed E-state index contributed by atoms with van der Waals surface area (Å²) >= 11 is 0. The molecule has 11 heavy (non-hydrogen) atoms. The zero-order chi connectivity index (χ0) is 7.84. The van der Waals surface area contributed by atoms with Gasteiger partial charge in [-0.2, -0.15) is 4.98 Å². The molecular formula is C6H9N5. The largest absolute Gasteiger partial charge is 0.277 e. The molecule has 0 unspecified atom stereocenters. The quantitative estimate of drug-likeness (QED) is 0.648. The predicted octanol–water partition coefficient (Wildman–Crippen LogP) is 0.576. The fourth-order valence-corrected chi connectivity index (χ4v) is 0.898. The number of H-pyrrole nitrogens is 1. The highest BCUT2D eigenvalue weighted by molar-refractivity contribution is 5.23. The summed E-state index contributed by atoms with van der Waals surface area (Å²) in [5.41, 5.74) is 0. The molecule has 2 rings (SSSR count). The molecule has 0 amide bonds. The van der Waals surface area contributed by atoms with Crippen LogP contribution in [0.1, 0.15) is 25.6 Å². The molecule has 0 bridgehead atoms. The van der Waals surface area contributed by atoms with Crippen LogP contribution in [0.15, 0.2) is 6.33 Å². The molecule has 0 spiro atoms. The number of nitrogens with zero attached hydrogens (tertiary/aromatic N) is 4. The molecule has 0 saturated carbocycles. The summed E-state index contributed by atoms with van der Waals surface area (Å²) < 4.78 is 1.70. The maximum atomic E-state index is 4.21. The van der Waals surface area contributed by atoms with Crippen molar-refractivity contribution < 1.29 is 0 Å². The normalized spacial score (nSPS) is 11.5. The molecule has 0 aliphatic rings. The van der Waals surface area contributed by atoms with Crippen molar-refractivity contribution in [3.8, 4) is 0 Å². The fraction of sp³-hybridized carbons (Fsp3) is 0.500. The fourth-order valence-electron chi connectivity index (χ4n) is 0.898. The highest BCUT2D eigenvalue weighted by Gasteiger charge is 2.05. The van der Waals surface area contributed by atoms with Crippen molar-refractivity contribution in [2.24, 2.45) is 0 Å². The molecule has 5 nitrogen and oxygen atoms in total. The summed E-state index contributed by atoms with van der Waals surface area (Å²) in [6.45, 7) is 4.15. The van der Waals surface area contributed by atoms with Crippen LogP contribution in [0.25, 0.3) is 5.78 Å². The third-order valence-electron chi connectivity index (χ3n) is 1.53. The number of rotatable bonds is 1. The van der Waals surface area contributed by atoms with E-state index in [1.165, 1.54) is 0 Å². The third-order valence-corrected chi connectivity index (χ3v) is 1.53. The van der Waals surface area contributed by atoms with Crippen LogP contribution < -0.4 is 0 Å². The molecule has 0 fully saturated rings. The molecular weight excluding hydrogens is 142 g/mol. The average Bonchev–Trinajstić information content (AvgIpc) is 2.40. The van der Waals surface area contributed by atoms with Gasteiger partial charge in [-0.1, -0.05) is 13.8 Å². The van der Waals surface area contributed by atoms with Gasteiger partial charge in [0.15, 0.2) is 0 Å². The molecule has 0 radical (unpaired) electrons. The molecule has 5 heteroatoms. The Hall–Kier alpha value is -1.39. The Balaban J connectivity index is 2.58. The second-order valence-corrected chi connectivity index (χ2v) is 2.76. The van der Waals surface area contributed by atoms with E-state index >= 15 is 0 Å². The Labute approximate surface area is 63.4 Å². The van der Waals surface area contributed by atoms with Gasteiger partial charge in [0.25, 0.3) is 5.78 Å². The Morgan fingerprint density at radius 1 is 1.55 bits per heavy atom. The number of hydrogen-bond acceptors (Lipinski definition) is 3. The van der Waals surface area contributed by atoms with E-state index in [2.05, 4.69) is 34.1 Å². The van der Waals surface area contributed by atoms with Crippen molar-refractivity contribution >= 4 is 5.78 Å². The minimum atomic E-state index is 0.400. The molecule has 2 heterocycles. The van der Waals surface area contributed by atoms with E-state index < -0.39 is 0 Å². The number of hydrogen-bond donors (Lipinski definition) is 1. The van der Waals surface area contributed by atoms with E-state index in [9.17, 15) is 0 Å². The predicted molar refractivity (Wildman–Crippen MR) is 39.2 cm³/mol. The summed E-state index contributed by atoms with van der Waals surface area (Å²) in [7, 11) is 0. The van der Waals surface area contributed by atoms with E-state index in [1.54, 1.807) is 10.8 Å². The smallest absolute Gasteiger partial charge is 0.271 e. The lowest BCUT2D eigenvalue weighted by molar-refractivity contribution is 0.761. The SMILES string of the molecule is CC(C)c1nc2nncn2[nH]1. The van der Waals surface area contributed by atoms with Gasteiger partial charge in [0.05, 0.1) is 0 Å². The second kappa shape index (κ2) is 2.05. The Morgan fingerprint density at radius 2 is 2.36 bits per heavy atom. The van der Waals surface area contributed by atoms with E-state index in [0.29, 0.717) is 11.7 Å². The van der Waals surface area contributed by atoms with Gasteiger partial charge in [0.2, 0.25) is 0 Å². The third kappa shape index (κ3) is 0.886. The first-order chi connectivity index (χ1) is 5.27. The summed E-state index contributed by atoms with van der Waals surface area (Å²) in [6, 6.07) is 0. The highest BCUT2D eigenvalue weighted by atomic mass is 15.4. The van der Waals surface area contributed by atoms with Crippen LogP contribution in [0, 0.1) is 0 Å². The molecule has 2 aromatic rings. The first-order valence-corrected chi connectivity index (χ1v) is 3.53. The van der Waals surface area contributed by atoms with Crippen LogP contribution in [0.5, 0.6) is 0 Å². The molecule has 1 N–H and O–H groups in total. The lowest BCUT2D eigenvalue weighted by Gasteiger charge is -1.94. The Kier molecular flexibility index (Phi) is 1.18. The zero-order valence-corrected chi connectivity index (χ0v) is 6.44. The molecule has 0 atom stereocenters. The molecule has 0 aliphatic heterocycles. The van der Waals surface area contributed by atoms with Gasteiger partial charge >= 0.3 is 0 Å². The lowest BCUT2D eigenvalue weighted by atomic mass is 10.2. The summed E-state index contributed by atoms with van der Waals surface area (Å²) in [4.78, 5) is 4.21. The monoisotopic (exact) mass is 151 g/mol. The van der Waals surface area contributed by atoms with Crippen molar-refractivity contribution in [3.63, 3.8) is 0 Å². The van der Waals surface area contributed by atoms with Crippen LogP contribution in [-0.4, -0.2) is 24.8 Å². The summed E-state index contributed by atoms with van der Waals surface area (Å²) in [5.74, 6) is 1.97. The topological polar surface area (TPSA) is 58.9 Å². The first kappa shape index (κ1) is 6.33. The van der Waals surface area contributed by atoms with Gasteiger partial charge < -0.3 is 0 Å². The summed E-state index contributed by atoms with van der Waals surface area (Å²) in [5, 5.41) is 10.5. The van der Waals surface area contributed by atoms with Gasteiger partial charge in [-0.25, -0.2) is 4.52 Å². The van der Waals surface area contributed by atoms with Crippen LogP contribution in [0.2, 0.25) is 0 Å². The van der Waals surface area contributed by atoms with E-state index in [4.69, 9.17) is 0 Å². The van der Waals surface area contributed by atoms with E-state index in [-0.39, 0.29) is 0 Å². The highest BCUT2D eigenvalue weighted by Crippen LogP contribution is 2.08. The van der Waals surface area contributed by atoms with Crippen molar-refractivity contribution in [2.75, 3.05) is 0 Å². The first-order valence-electron chi connectivity index (χ1n) is 3.53. The van der Waals surface area contributed by atoms with Crippen LogP contribution in [0.4, 0.5) is 0 Å². The number of nitrogens with one attached hydrogen (secondary N) is 1. The van der Waals surface area contributed by atoms with E-state index in [0.717, 1.165) is 5.82 Å². The molecule has 0 saturated heterocycles. The number of aromatic amines is 1. The number of aromatic nitrogens is 5. The summed E-state index contributed by atoms with van der Waals surface area (Å²) in [6.07, 6.45) is 1.61. The van der Waals surface area contributed by atoms with Crippen molar-refractivity contribution in [1.82, 2.24) is 24.8 Å². The minimum absolute atomic E-state index is 0.400. The van der Waals surface area contributed by atoms with Gasteiger partial charge in [0.1, 0.15) is 12.2 Å². The maximum Gasteiger partial charge on any atom is 0.271 e. The maximum absolute atomic E-state index is 4.21. The van der Waals surface area contributed by atoms with Gasteiger partial charge in [-0.3, -0.25) is 5.10 Å².